The van der Waals surface area contributed by atoms with Crippen molar-refractivity contribution in [1.29, 1.82) is 0 Å². The number of hydrogen-bond acceptors (Lipinski definition) is 4. The van der Waals surface area contributed by atoms with Gasteiger partial charge in [0.05, 0.1) is 18.8 Å². The average molecular weight is 449 g/mol. The van der Waals surface area contributed by atoms with Crippen LogP contribution in [-0.2, 0) is 13.1 Å². The molecule has 3 aromatic rings. The van der Waals surface area contributed by atoms with Crippen molar-refractivity contribution in [3.63, 3.8) is 0 Å². The van der Waals surface area contributed by atoms with Crippen LogP contribution in [0.4, 0.5) is 0 Å². The van der Waals surface area contributed by atoms with Crippen LogP contribution in [0.1, 0.15) is 54.9 Å². The third kappa shape index (κ3) is 6.48. The van der Waals surface area contributed by atoms with Crippen LogP contribution in [0.3, 0.4) is 0 Å². The van der Waals surface area contributed by atoms with E-state index in [4.69, 9.17) is 9.41 Å². The number of likely N-dealkylation sites (tertiary alicyclic amines) is 1. The van der Waals surface area contributed by atoms with Crippen molar-refractivity contribution < 1.29 is 4.42 Å². The van der Waals surface area contributed by atoms with Gasteiger partial charge in [-0.1, -0.05) is 30.7 Å². The van der Waals surface area contributed by atoms with Crippen LogP contribution < -0.4 is 10.6 Å². The van der Waals surface area contributed by atoms with E-state index < -0.39 is 0 Å². The van der Waals surface area contributed by atoms with E-state index in [1.54, 1.807) is 6.26 Å². The predicted octanol–water partition coefficient (Wildman–Crippen LogP) is 4.12. The van der Waals surface area contributed by atoms with E-state index in [9.17, 15) is 0 Å². The molecule has 7 nitrogen and oxygen atoms in total. The Bertz CT molecular complexity index is 1000. The molecule has 0 radical (unpaired) electrons. The summed E-state index contributed by atoms with van der Waals surface area (Å²) >= 11 is 0. The number of piperidine rings is 1. The average Bonchev–Trinajstić information content (AvgIpc) is 3.51. The first-order valence-electron chi connectivity index (χ1n) is 12.1. The largest absolute Gasteiger partial charge is 0.468 e. The summed E-state index contributed by atoms with van der Waals surface area (Å²) in [4.78, 5) is 11.7. The quantitative estimate of drug-likeness (QED) is 0.381. The first kappa shape index (κ1) is 23.1. The molecule has 7 heteroatoms. The summed E-state index contributed by atoms with van der Waals surface area (Å²) < 4.78 is 7.94. The summed E-state index contributed by atoms with van der Waals surface area (Å²) in [6.07, 6.45) is 9.45. The Morgan fingerprint density at radius 2 is 1.97 bits per heavy atom. The Morgan fingerprint density at radius 1 is 1.12 bits per heavy atom. The second-order valence-electron chi connectivity index (χ2n) is 8.63. The number of furan rings is 1. The van der Waals surface area contributed by atoms with Gasteiger partial charge in [0, 0.05) is 32.0 Å². The zero-order valence-corrected chi connectivity index (χ0v) is 19.8. The molecule has 2 N–H and O–H groups in total. The fourth-order valence-corrected chi connectivity index (χ4v) is 4.42. The molecule has 1 aliphatic heterocycles. The molecular weight excluding hydrogens is 412 g/mol. The van der Waals surface area contributed by atoms with Crippen molar-refractivity contribution in [3.8, 4) is 0 Å². The normalized spacial score (nSPS) is 16.0. The Kier molecular flexibility index (Phi) is 8.19. The fraction of sp³-hybridized carbons (Fsp3) is 0.462. The molecule has 0 bridgehead atoms. The molecule has 0 amide bonds. The molecular formula is C26H36N6O. The molecule has 1 atom stereocenters. The standard InChI is InChI=1S/C26H36N6O/c1-3-27-26(30-19-24(25-11-8-16-33-25)31-13-5-4-6-14-31)29-18-22-9-7-10-23(17-22)20-32-15-12-28-21(32)2/h7-12,15-17,24H,3-6,13-14,18-20H2,1-2H3,(H2,27,29,30). The summed E-state index contributed by atoms with van der Waals surface area (Å²) in [6.45, 7) is 9.39. The lowest BCUT2D eigenvalue weighted by atomic mass is 10.1. The lowest BCUT2D eigenvalue weighted by molar-refractivity contribution is 0.146. The first-order chi connectivity index (χ1) is 16.2. The molecule has 176 valence electrons. The zero-order chi connectivity index (χ0) is 22.9. The van der Waals surface area contributed by atoms with E-state index in [-0.39, 0.29) is 6.04 Å². The number of aliphatic imine (C=N–C) groups is 1. The SMILES string of the molecule is CCNC(=NCc1cccc(Cn2ccnc2C)c1)NCC(c1ccco1)N1CCCCC1. The predicted molar refractivity (Wildman–Crippen MR) is 132 cm³/mol. The maximum absolute atomic E-state index is 5.79. The number of rotatable bonds is 9. The summed E-state index contributed by atoms with van der Waals surface area (Å²) in [5.74, 6) is 2.88. The summed E-state index contributed by atoms with van der Waals surface area (Å²) in [5, 5.41) is 6.95. The van der Waals surface area contributed by atoms with E-state index in [0.717, 1.165) is 50.3 Å². The lowest BCUT2D eigenvalue weighted by Crippen LogP contribution is -2.44. The minimum absolute atomic E-state index is 0.214. The van der Waals surface area contributed by atoms with Crippen molar-refractivity contribution in [3.05, 3.63) is 77.8 Å². The van der Waals surface area contributed by atoms with Gasteiger partial charge in [0.15, 0.2) is 5.96 Å². The highest BCUT2D eigenvalue weighted by Crippen LogP contribution is 2.24. The number of nitrogens with one attached hydrogen (secondary N) is 2. The second-order valence-corrected chi connectivity index (χ2v) is 8.63. The van der Waals surface area contributed by atoms with E-state index in [2.05, 4.69) is 62.3 Å². The highest BCUT2D eigenvalue weighted by Gasteiger charge is 2.24. The number of imidazole rings is 1. The van der Waals surface area contributed by atoms with Crippen LogP contribution in [0.2, 0.25) is 0 Å². The monoisotopic (exact) mass is 448 g/mol. The van der Waals surface area contributed by atoms with Gasteiger partial charge in [-0.2, -0.15) is 0 Å². The van der Waals surface area contributed by atoms with Crippen molar-refractivity contribution in [2.75, 3.05) is 26.2 Å². The maximum atomic E-state index is 5.79. The van der Waals surface area contributed by atoms with Crippen molar-refractivity contribution >= 4 is 5.96 Å². The van der Waals surface area contributed by atoms with Gasteiger partial charge in [-0.15, -0.1) is 0 Å². The molecule has 0 aliphatic carbocycles. The molecule has 0 spiro atoms. The van der Waals surface area contributed by atoms with E-state index in [1.165, 1.54) is 30.4 Å². The number of aromatic nitrogens is 2. The van der Waals surface area contributed by atoms with Crippen LogP contribution in [-0.4, -0.2) is 46.6 Å². The highest BCUT2D eigenvalue weighted by atomic mass is 16.3. The van der Waals surface area contributed by atoms with E-state index >= 15 is 0 Å². The molecule has 1 unspecified atom stereocenters. The van der Waals surface area contributed by atoms with Gasteiger partial charge in [0.1, 0.15) is 11.6 Å². The van der Waals surface area contributed by atoms with Crippen molar-refractivity contribution in [1.82, 2.24) is 25.1 Å². The molecule has 1 aliphatic rings. The van der Waals surface area contributed by atoms with Crippen molar-refractivity contribution in [2.24, 2.45) is 4.99 Å². The second kappa shape index (κ2) is 11.7. The summed E-state index contributed by atoms with van der Waals surface area (Å²) in [5.41, 5.74) is 2.45. The van der Waals surface area contributed by atoms with Crippen molar-refractivity contribution in [2.45, 2.75) is 52.2 Å². The minimum atomic E-state index is 0.214. The van der Waals surface area contributed by atoms with Gasteiger partial charge in [-0.25, -0.2) is 9.98 Å². The Hall–Kier alpha value is -3.06. The number of aryl methyl sites for hydroxylation is 1. The Balaban J connectivity index is 1.40. The van der Waals surface area contributed by atoms with Crippen LogP contribution in [0.5, 0.6) is 0 Å². The van der Waals surface area contributed by atoms with Gasteiger partial charge >= 0.3 is 0 Å². The van der Waals surface area contributed by atoms with Gasteiger partial charge < -0.3 is 19.6 Å². The van der Waals surface area contributed by atoms with Crippen LogP contribution in [0.15, 0.2) is 64.5 Å². The Morgan fingerprint density at radius 3 is 2.70 bits per heavy atom. The van der Waals surface area contributed by atoms with Gasteiger partial charge in [0.2, 0.25) is 0 Å². The third-order valence-corrected chi connectivity index (χ3v) is 6.20. The lowest BCUT2D eigenvalue weighted by Gasteiger charge is -2.33. The molecule has 3 heterocycles. The van der Waals surface area contributed by atoms with Gasteiger partial charge in [-0.05, 0) is 63.0 Å². The summed E-state index contributed by atoms with van der Waals surface area (Å²) in [6, 6.07) is 12.9. The maximum Gasteiger partial charge on any atom is 0.191 e. The van der Waals surface area contributed by atoms with Gasteiger partial charge in [-0.3, -0.25) is 4.90 Å². The number of benzene rings is 1. The third-order valence-electron chi connectivity index (χ3n) is 6.20. The fourth-order valence-electron chi connectivity index (χ4n) is 4.42. The number of nitrogens with zero attached hydrogens (tertiary/aromatic N) is 4. The smallest absolute Gasteiger partial charge is 0.191 e. The topological polar surface area (TPSA) is 70.6 Å². The Labute approximate surface area is 196 Å². The molecule has 2 aromatic heterocycles. The molecule has 1 saturated heterocycles. The molecule has 1 fully saturated rings. The van der Waals surface area contributed by atoms with E-state index in [0.29, 0.717) is 6.54 Å². The number of hydrogen-bond donors (Lipinski definition) is 2. The van der Waals surface area contributed by atoms with Crippen LogP contribution in [0.25, 0.3) is 0 Å². The molecule has 4 rings (SSSR count). The van der Waals surface area contributed by atoms with Crippen LogP contribution in [0, 0.1) is 6.92 Å². The molecule has 33 heavy (non-hydrogen) atoms. The first-order valence-corrected chi connectivity index (χ1v) is 12.1. The number of guanidine groups is 1. The highest BCUT2D eigenvalue weighted by molar-refractivity contribution is 5.79. The minimum Gasteiger partial charge on any atom is -0.468 e. The van der Waals surface area contributed by atoms with Crippen LogP contribution >= 0.6 is 0 Å². The zero-order valence-electron chi connectivity index (χ0n) is 19.8. The van der Waals surface area contributed by atoms with E-state index in [1.807, 2.05) is 25.4 Å². The van der Waals surface area contributed by atoms with Gasteiger partial charge in [0.25, 0.3) is 0 Å². The molecule has 1 aromatic carbocycles. The molecule has 0 saturated carbocycles. The summed E-state index contributed by atoms with van der Waals surface area (Å²) in [7, 11) is 0.